The van der Waals surface area contributed by atoms with Crippen LogP contribution in [0.2, 0.25) is 0 Å². The SMILES string of the molecule is CC(C)(C)OC(=O)N1CCC(CCOc2ccc(CCBr)cc2)CC1. The topological polar surface area (TPSA) is 38.8 Å². The predicted octanol–water partition coefficient (Wildman–Crippen LogP) is 5.04. The second-order valence-electron chi connectivity index (χ2n) is 7.63. The molecule has 0 atom stereocenters. The van der Waals surface area contributed by atoms with E-state index in [-0.39, 0.29) is 6.09 Å². The number of nitrogens with zero attached hydrogens (tertiary/aromatic N) is 1. The van der Waals surface area contributed by atoms with Gasteiger partial charge in [0.15, 0.2) is 0 Å². The third kappa shape index (κ3) is 7.27. The van der Waals surface area contributed by atoms with Crippen molar-refractivity contribution in [3.8, 4) is 5.75 Å². The minimum absolute atomic E-state index is 0.189. The van der Waals surface area contributed by atoms with E-state index in [1.807, 2.05) is 37.8 Å². The lowest BCUT2D eigenvalue weighted by atomic mass is 9.94. The van der Waals surface area contributed by atoms with Crippen molar-refractivity contribution in [1.82, 2.24) is 4.90 Å². The predicted molar refractivity (Wildman–Crippen MR) is 105 cm³/mol. The van der Waals surface area contributed by atoms with Crippen molar-refractivity contribution < 1.29 is 14.3 Å². The van der Waals surface area contributed by atoms with Crippen LogP contribution in [-0.2, 0) is 11.2 Å². The van der Waals surface area contributed by atoms with Gasteiger partial charge in [-0.25, -0.2) is 4.79 Å². The Morgan fingerprint density at radius 2 is 1.84 bits per heavy atom. The number of rotatable bonds is 6. The van der Waals surface area contributed by atoms with Gasteiger partial charge in [0.2, 0.25) is 0 Å². The number of alkyl halides is 1. The molecule has 0 saturated carbocycles. The van der Waals surface area contributed by atoms with Gasteiger partial charge in [0.05, 0.1) is 6.61 Å². The summed E-state index contributed by atoms with van der Waals surface area (Å²) in [7, 11) is 0. The molecule has 0 unspecified atom stereocenters. The van der Waals surface area contributed by atoms with Crippen LogP contribution in [0.3, 0.4) is 0 Å². The molecule has 140 valence electrons. The maximum atomic E-state index is 12.1. The van der Waals surface area contributed by atoms with Crippen LogP contribution in [0.4, 0.5) is 4.79 Å². The van der Waals surface area contributed by atoms with Crippen molar-refractivity contribution in [1.29, 1.82) is 0 Å². The van der Waals surface area contributed by atoms with Crippen LogP contribution in [-0.4, -0.2) is 41.6 Å². The van der Waals surface area contributed by atoms with E-state index in [2.05, 4.69) is 28.1 Å². The Kier molecular flexibility index (Phi) is 7.60. The van der Waals surface area contributed by atoms with E-state index in [9.17, 15) is 4.79 Å². The zero-order valence-corrected chi connectivity index (χ0v) is 17.2. The zero-order chi connectivity index (χ0) is 18.3. The number of piperidine rings is 1. The van der Waals surface area contributed by atoms with Crippen LogP contribution < -0.4 is 4.74 Å². The summed E-state index contributed by atoms with van der Waals surface area (Å²) in [4.78, 5) is 13.9. The van der Waals surface area contributed by atoms with Gasteiger partial charge in [-0.15, -0.1) is 0 Å². The Morgan fingerprint density at radius 1 is 1.20 bits per heavy atom. The van der Waals surface area contributed by atoms with Gasteiger partial charge in [-0.05, 0) is 70.1 Å². The highest BCUT2D eigenvalue weighted by atomic mass is 79.9. The van der Waals surface area contributed by atoms with Crippen molar-refractivity contribution >= 4 is 22.0 Å². The molecule has 1 aromatic rings. The number of benzene rings is 1. The third-order valence-corrected chi connectivity index (χ3v) is 4.76. The summed E-state index contributed by atoms with van der Waals surface area (Å²) < 4.78 is 11.3. The van der Waals surface area contributed by atoms with E-state index in [1.165, 1.54) is 5.56 Å². The monoisotopic (exact) mass is 411 g/mol. The summed E-state index contributed by atoms with van der Waals surface area (Å²) in [6, 6.07) is 8.33. The Hall–Kier alpha value is -1.23. The lowest BCUT2D eigenvalue weighted by Gasteiger charge is -2.33. The molecular weight excluding hydrogens is 382 g/mol. The molecule has 0 aliphatic carbocycles. The third-order valence-electron chi connectivity index (χ3n) is 4.37. The molecule has 1 aromatic carbocycles. The maximum absolute atomic E-state index is 12.1. The summed E-state index contributed by atoms with van der Waals surface area (Å²) in [5.41, 5.74) is 0.894. The average molecular weight is 412 g/mol. The van der Waals surface area contributed by atoms with E-state index in [0.717, 1.165) is 56.5 Å². The first-order chi connectivity index (χ1) is 11.9. The van der Waals surface area contributed by atoms with Gasteiger partial charge in [0.25, 0.3) is 0 Å². The molecule has 1 aliphatic rings. The molecule has 5 heteroatoms. The van der Waals surface area contributed by atoms with Crippen LogP contribution in [0.5, 0.6) is 5.75 Å². The molecule has 1 fully saturated rings. The van der Waals surface area contributed by atoms with E-state index < -0.39 is 5.60 Å². The summed E-state index contributed by atoms with van der Waals surface area (Å²) in [6.45, 7) is 8.00. The van der Waals surface area contributed by atoms with E-state index >= 15 is 0 Å². The van der Waals surface area contributed by atoms with Gasteiger partial charge < -0.3 is 14.4 Å². The van der Waals surface area contributed by atoms with Crippen molar-refractivity contribution in [2.24, 2.45) is 5.92 Å². The fourth-order valence-corrected chi connectivity index (χ4v) is 3.39. The van der Waals surface area contributed by atoms with Gasteiger partial charge in [-0.2, -0.15) is 0 Å². The van der Waals surface area contributed by atoms with Crippen molar-refractivity contribution in [2.75, 3.05) is 25.0 Å². The summed E-state index contributed by atoms with van der Waals surface area (Å²) in [5.74, 6) is 1.55. The molecule has 1 heterocycles. The number of aryl methyl sites for hydroxylation is 1. The zero-order valence-electron chi connectivity index (χ0n) is 15.6. The molecule has 1 aliphatic heterocycles. The molecule has 0 N–H and O–H groups in total. The molecule has 4 nitrogen and oxygen atoms in total. The molecule has 0 spiro atoms. The molecule has 0 bridgehead atoms. The molecule has 1 amide bonds. The Balaban J connectivity index is 1.66. The first-order valence-corrected chi connectivity index (χ1v) is 10.2. The molecule has 25 heavy (non-hydrogen) atoms. The quantitative estimate of drug-likeness (QED) is 0.615. The first-order valence-electron chi connectivity index (χ1n) is 9.13. The van der Waals surface area contributed by atoms with Crippen LogP contribution in [0.25, 0.3) is 0 Å². The second kappa shape index (κ2) is 9.46. The number of halogens is 1. The number of hydrogen-bond donors (Lipinski definition) is 0. The Bertz CT molecular complexity index is 531. The lowest BCUT2D eigenvalue weighted by molar-refractivity contribution is 0.0177. The number of carbonyl (C=O) groups is 1. The van der Waals surface area contributed by atoms with Gasteiger partial charge in [0, 0.05) is 18.4 Å². The highest BCUT2D eigenvalue weighted by Crippen LogP contribution is 2.23. The molecular formula is C20H30BrNO3. The van der Waals surface area contributed by atoms with Crippen LogP contribution >= 0.6 is 15.9 Å². The van der Waals surface area contributed by atoms with Crippen molar-refractivity contribution in [3.05, 3.63) is 29.8 Å². The number of amides is 1. The molecule has 1 saturated heterocycles. The Labute approximate surface area is 160 Å². The standard InChI is InChI=1S/C20H30BrNO3/c1-20(2,3)25-19(23)22-13-9-17(10-14-22)11-15-24-18-6-4-16(5-7-18)8-12-21/h4-7,17H,8-15H2,1-3H3. The van der Waals surface area contributed by atoms with Crippen LogP contribution in [0, 0.1) is 5.92 Å². The molecule has 0 radical (unpaired) electrons. The smallest absolute Gasteiger partial charge is 0.410 e. The van der Waals surface area contributed by atoms with Crippen molar-refractivity contribution in [3.63, 3.8) is 0 Å². The molecule has 0 aromatic heterocycles. The minimum atomic E-state index is -0.425. The van der Waals surface area contributed by atoms with Gasteiger partial charge in [0.1, 0.15) is 11.4 Å². The first kappa shape index (κ1) is 20.1. The molecule has 2 rings (SSSR count). The number of carbonyl (C=O) groups excluding carboxylic acids is 1. The van der Waals surface area contributed by atoms with E-state index in [0.29, 0.717) is 5.92 Å². The Morgan fingerprint density at radius 3 is 2.40 bits per heavy atom. The lowest BCUT2D eigenvalue weighted by Crippen LogP contribution is -2.41. The number of hydrogen-bond acceptors (Lipinski definition) is 3. The largest absolute Gasteiger partial charge is 0.494 e. The summed E-state index contributed by atoms with van der Waals surface area (Å²) >= 11 is 3.45. The minimum Gasteiger partial charge on any atom is -0.494 e. The highest BCUT2D eigenvalue weighted by Gasteiger charge is 2.26. The van der Waals surface area contributed by atoms with Gasteiger partial charge in [-0.1, -0.05) is 28.1 Å². The maximum Gasteiger partial charge on any atom is 0.410 e. The van der Waals surface area contributed by atoms with E-state index in [1.54, 1.807) is 0 Å². The second-order valence-corrected chi connectivity index (χ2v) is 8.42. The number of ether oxygens (including phenoxy) is 2. The van der Waals surface area contributed by atoms with Crippen LogP contribution in [0.15, 0.2) is 24.3 Å². The number of likely N-dealkylation sites (tertiary alicyclic amines) is 1. The summed E-state index contributed by atoms with van der Waals surface area (Å²) in [5, 5.41) is 0.981. The van der Waals surface area contributed by atoms with Gasteiger partial charge in [-0.3, -0.25) is 0 Å². The van der Waals surface area contributed by atoms with Gasteiger partial charge >= 0.3 is 6.09 Å². The normalized spacial score (nSPS) is 15.9. The summed E-state index contributed by atoms with van der Waals surface area (Å²) in [6.07, 6.45) is 3.92. The fourth-order valence-electron chi connectivity index (χ4n) is 2.94. The fraction of sp³-hybridized carbons (Fsp3) is 0.650. The van der Waals surface area contributed by atoms with Crippen LogP contribution in [0.1, 0.15) is 45.6 Å². The highest BCUT2D eigenvalue weighted by molar-refractivity contribution is 9.09. The van der Waals surface area contributed by atoms with Crippen molar-refractivity contribution in [2.45, 2.75) is 52.1 Å². The van der Waals surface area contributed by atoms with E-state index in [4.69, 9.17) is 9.47 Å². The average Bonchev–Trinajstić information content (AvgIpc) is 2.56.